The van der Waals surface area contributed by atoms with E-state index in [1.807, 2.05) is 13.8 Å². The number of aromatic nitrogens is 2. The number of nitrogens with one attached hydrogen (secondary N) is 1. The van der Waals surface area contributed by atoms with Gasteiger partial charge in [0.1, 0.15) is 11.4 Å². The first-order valence-electron chi connectivity index (χ1n) is 6.45. The van der Waals surface area contributed by atoms with Crippen LogP contribution in [0.1, 0.15) is 62.5 Å². The van der Waals surface area contributed by atoms with Gasteiger partial charge in [0.05, 0.1) is 12.3 Å². The zero-order valence-electron chi connectivity index (χ0n) is 11.5. The fraction of sp³-hybridized carbons (Fsp3) is 0.692. The highest BCUT2D eigenvalue weighted by Gasteiger charge is 2.31. The lowest BCUT2D eigenvalue weighted by atomic mass is 9.97. The standard InChI is InChI=1S/C13H22N2O3/c1-5-8-9-14-10(12(16)18-7-3)11(15-9)13(4,17)6-2/h17H,5-8H2,1-4H3,(H,14,15). The molecule has 1 heterocycles. The zero-order chi connectivity index (χ0) is 13.8. The number of aromatic amines is 1. The van der Waals surface area contributed by atoms with Crippen LogP contribution >= 0.6 is 0 Å². The maximum atomic E-state index is 11.8. The lowest BCUT2D eigenvalue weighted by Crippen LogP contribution is -2.24. The number of ether oxygens (including phenoxy) is 1. The quantitative estimate of drug-likeness (QED) is 0.763. The minimum Gasteiger partial charge on any atom is -0.461 e. The normalized spacial score (nSPS) is 14.3. The Hall–Kier alpha value is -1.36. The van der Waals surface area contributed by atoms with E-state index in [1.165, 1.54) is 0 Å². The maximum Gasteiger partial charge on any atom is 0.358 e. The third-order valence-electron chi connectivity index (χ3n) is 2.94. The van der Waals surface area contributed by atoms with Gasteiger partial charge in [-0.1, -0.05) is 13.8 Å². The first-order chi connectivity index (χ1) is 8.46. The Bertz CT molecular complexity index is 410. The largest absolute Gasteiger partial charge is 0.461 e. The highest BCUT2D eigenvalue weighted by molar-refractivity contribution is 5.89. The molecule has 1 rings (SSSR count). The van der Waals surface area contributed by atoms with E-state index in [9.17, 15) is 9.90 Å². The molecule has 0 aliphatic rings. The number of hydrogen-bond acceptors (Lipinski definition) is 4. The molecule has 18 heavy (non-hydrogen) atoms. The second-order valence-electron chi connectivity index (χ2n) is 4.50. The van der Waals surface area contributed by atoms with Crippen molar-refractivity contribution in [1.82, 2.24) is 9.97 Å². The first-order valence-corrected chi connectivity index (χ1v) is 6.45. The minimum atomic E-state index is -1.10. The Morgan fingerprint density at radius 3 is 2.61 bits per heavy atom. The average Bonchev–Trinajstić information content (AvgIpc) is 2.75. The van der Waals surface area contributed by atoms with E-state index in [0.717, 1.165) is 12.8 Å². The summed E-state index contributed by atoms with van der Waals surface area (Å²) in [6, 6.07) is 0. The van der Waals surface area contributed by atoms with Gasteiger partial charge in [0, 0.05) is 6.42 Å². The lowest BCUT2D eigenvalue weighted by molar-refractivity contribution is 0.0396. The van der Waals surface area contributed by atoms with Crippen LogP contribution < -0.4 is 0 Å². The second kappa shape index (κ2) is 6.00. The smallest absolute Gasteiger partial charge is 0.358 e. The molecule has 5 nitrogen and oxygen atoms in total. The maximum absolute atomic E-state index is 11.8. The summed E-state index contributed by atoms with van der Waals surface area (Å²) in [5.41, 5.74) is -0.444. The van der Waals surface area contributed by atoms with Crippen LogP contribution in [0.25, 0.3) is 0 Å². The van der Waals surface area contributed by atoms with Crippen LogP contribution in [-0.4, -0.2) is 27.7 Å². The van der Waals surface area contributed by atoms with Crippen molar-refractivity contribution in [2.75, 3.05) is 6.61 Å². The van der Waals surface area contributed by atoms with Crippen molar-refractivity contribution < 1.29 is 14.6 Å². The van der Waals surface area contributed by atoms with E-state index in [-0.39, 0.29) is 5.69 Å². The van der Waals surface area contributed by atoms with Gasteiger partial charge in [-0.05, 0) is 26.7 Å². The van der Waals surface area contributed by atoms with E-state index < -0.39 is 11.6 Å². The van der Waals surface area contributed by atoms with Crippen LogP contribution in [0.2, 0.25) is 0 Å². The van der Waals surface area contributed by atoms with Crippen LogP contribution in [0.15, 0.2) is 0 Å². The van der Waals surface area contributed by atoms with Gasteiger partial charge in [0.15, 0.2) is 5.69 Å². The number of H-pyrrole nitrogens is 1. The van der Waals surface area contributed by atoms with Crippen molar-refractivity contribution in [2.24, 2.45) is 0 Å². The zero-order valence-corrected chi connectivity index (χ0v) is 11.5. The summed E-state index contributed by atoms with van der Waals surface area (Å²) in [6.07, 6.45) is 2.16. The van der Waals surface area contributed by atoms with E-state index in [2.05, 4.69) is 9.97 Å². The Balaban J connectivity index is 3.16. The van der Waals surface area contributed by atoms with Crippen molar-refractivity contribution in [1.29, 1.82) is 0 Å². The topological polar surface area (TPSA) is 75.2 Å². The molecule has 0 saturated carbocycles. The van der Waals surface area contributed by atoms with E-state index >= 15 is 0 Å². The summed E-state index contributed by atoms with van der Waals surface area (Å²) in [5.74, 6) is 0.226. The molecule has 0 fully saturated rings. The molecule has 5 heteroatoms. The number of imidazole rings is 1. The summed E-state index contributed by atoms with van der Waals surface area (Å²) in [5, 5.41) is 10.3. The minimum absolute atomic E-state index is 0.201. The van der Waals surface area contributed by atoms with Gasteiger partial charge in [-0.3, -0.25) is 0 Å². The molecule has 0 amide bonds. The Morgan fingerprint density at radius 2 is 2.11 bits per heavy atom. The second-order valence-corrected chi connectivity index (χ2v) is 4.50. The summed E-state index contributed by atoms with van der Waals surface area (Å²) in [4.78, 5) is 19.1. The van der Waals surface area contributed by atoms with Gasteiger partial charge < -0.3 is 14.8 Å². The van der Waals surface area contributed by atoms with Crippen molar-refractivity contribution in [3.05, 3.63) is 17.2 Å². The number of hydrogen-bond donors (Lipinski definition) is 2. The molecule has 1 atom stereocenters. The number of carbonyl (C=O) groups excluding carboxylic acids is 1. The number of rotatable bonds is 6. The highest BCUT2D eigenvalue weighted by Crippen LogP contribution is 2.26. The SMILES string of the molecule is CCCc1nc(C(=O)OCC)c(C(C)(O)CC)[nH]1. The molecule has 0 aromatic carbocycles. The number of carbonyl (C=O) groups is 1. The molecular weight excluding hydrogens is 232 g/mol. The summed E-state index contributed by atoms with van der Waals surface area (Å²) < 4.78 is 4.97. The van der Waals surface area contributed by atoms with Crippen LogP contribution in [-0.2, 0) is 16.8 Å². The van der Waals surface area contributed by atoms with Crippen LogP contribution in [0.5, 0.6) is 0 Å². The Labute approximate surface area is 108 Å². The first kappa shape index (κ1) is 14.7. The Kier molecular flexibility index (Phi) is 4.90. The van der Waals surface area contributed by atoms with Gasteiger partial charge >= 0.3 is 5.97 Å². The molecule has 0 aliphatic heterocycles. The van der Waals surface area contributed by atoms with Crippen LogP contribution in [0.3, 0.4) is 0 Å². The van der Waals surface area contributed by atoms with Crippen LogP contribution in [0.4, 0.5) is 0 Å². The van der Waals surface area contributed by atoms with Gasteiger partial charge in [-0.25, -0.2) is 9.78 Å². The van der Waals surface area contributed by atoms with Gasteiger partial charge in [-0.15, -0.1) is 0 Å². The number of aryl methyl sites for hydroxylation is 1. The predicted octanol–water partition coefficient (Wildman–Crippen LogP) is 2.16. The highest BCUT2D eigenvalue weighted by atomic mass is 16.5. The average molecular weight is 254 g/mol. The molecule has 1 unspecified atom stereocenters. The molecule has 1 aromatic rings. The van der Waals surface area contributed by atoms with Gasteiger partial charge in [-0.2, -0.15) is 0 Å². The number of nitrogens with zero attached hydrogens (tertiary/aromatic N) is 1. The molecule has 2 N–H and O–H groups in total. The monoisotopic (exact) mass is 254 g/mol. The van der Waals surface area contributed by atoms with Crippen LogP contribution in [0, 0.1) is 0 Å². The summed E-state index contributed by atoms with van der Waals surface area (Å²) in [7, 11) is 0. The van der Waals surface area contributed by atoms with Crippen molar-refractivity contribution >= 4 is 5.97 Å². The summed E-state index contributed by atoms with van der Waals surface area (Å²) in [6.45, 7) is 7.59. The number of esters is 1. The Morgan fingerprint density at radius 1 is 1.44 bits per heavy atom. The molecular formula is C13H22N2O3. The van der Waals surface area contributed by atoms with Crippen molar-refractivity contribution in [3.8, 4) is 0 Å². The van der Waals surface area contributed by atoms with E-state index in [1.54, 1.807) is 13.8 Å². The third kappa shape index (κ3) is 3.10. The third-order valence-corrected chi connectivity index (χ3v) is 2.94. The van der Waals surface area contributed by atoms with Gasteiger partial charge in [0.2, 0.25) is 0 Å². The van der Waals surface area contributed by atoms with E-state index in [4.69, 9.17) is 4.74 Å². The van der Waals surface area contributed by atoms with Gasteiger partial charge in [0.25, 0.3) is 0 Å². The fourth-order valence-electron chi connectivity index (χ4n) is 1.69. The number of aliphatic hydroxyl groups is 1. The lowest BCUT2D eigenvalue weighted by Gasteiger charge is -2.20. The molecule has 0 saturated heterocycles. The molecule has 0 radical (unpaired) electrons. The molecule has 1 aromatic heterocycles. The van der Waals surface area contributed by atoms with Crippen molar-refractivity contribution in [2.45, 2.75) is 52.6 Å². The van der Waals surface area contributed by atoms with E-state index in [0.29, 0.717) is 24.5 Å². The molecule has 0 spiro atoms. The van der Waals surface area contributed by atoms with Crippen molar-refractivity contribution in [3.63, 3.8) is 0 Å². The molecule has 0 bridgehead atoms. The fourth-order valence-corrected chi connectivity index (χ4v) is 1.69. The molecule has 102 valence electrons. The molecule has 0 aliphatic carbocycles. The summed E-state index contributed by atoms with van der Waals surface area (Å²) >= 11 is 0. The predicted molar refractivity (Wildman–Crippen MR) is 68.4 cm³/mol.